The van der Waals surface area contributed by atoms with E-state index in [1.54, 1.807) is 0 Å². The highest BCUT2D eigenvalue weighted by Crippen LogP contribution is 2.04. The van der Waals surface area contributed by atoms with Crippen molar-refractivity contribution in [2.24, 2.45) is 50.1 Å². The molecule has 19 nitrogen and oxygen atoms in total. The number of rotatable bonds is 19. The summed E-state index contributed by atoms with van der Waals surface area (Å²) in [6.07, 6.45) is -0.819. The predicted molar refractivity (Wildman–Crippen MR) is 139 cm³/mol. The normalized spacial score (nSPS) is 13.5. The van der Waals surface area contributed by atoms with Crippen molar-refractivity contribution in [3.05, 3.63) is 0 Å². The topological polar surface area (TPSA) is 366 Å². The minimum atomic E-state index is -1.68. The van der Waals surface area contributed by atoms with E-state index in [1.807, 2.05) is 0 Å². The van der Waals surface area contributed by atoms with Crippen LogP contribution < -0.4 is 56.1 Å². The average molecular weight is 559 g/mol. The number of guanidine groups is 2. The van der Waals surface area contributed by atoms with E-state index in [4.69, 9.17) is 40.1 Å². The number of carboxylic acid groups (broad SMARTS) is 1. The molecule has 0 aromatic rings. The highest BCUT2D eigenvalue weighted by atomic mass is 16.4. The highest BCUT2D eigenvalue weighted by Gasteiger charge is 2.31. The molecule has 0 aliphatic carbocycles. The lowest BCUT2D eigenvalue weighted by molar-refractivity contribution is -0.144. The Morgan fingerprint density at radius 1 is 0.615 bits per heavy atom. The number of hydrogen-bond donors (Lipinski definition) is 11. The summed E-state index contributed by atoms with van der Waals surface area (Å²) in [6, 6.07) is -5.68. The molecule has 4 atom stereocenters. The quantitative estimate of drug-likeness (QED) is 0.0400. The molecule has 0 bridgehead atoms. The van der Waals surface area contributed by atoms with E-state index in [-0.39, 0.29) is 44.3 Å². The lowest BCUT2D eigenvalue weighted by Crippen LogP contribution is -2.58. The first-order valence-corrected chi connectivity index (χ1v) is 11.7. The lowest BCUT2D eigenvalue weighted by Gasteiger charge is -2.24. The van der Waals surface area contributed by atoms with Gasteiger partial charge in [-0.1, -0.05) is 0 Å². The molecule has 5 amide bonds. The molecule has 4 unspecified atom stereocenters. The number of nitrogens with two attached hydrogens (primary N) is 7. The Labute approximate surface area is 223 Å². The summed E-state index contributed by atoms with van der Waals surface area (Å²) < 4.78 is 0. The molecule has 220 valence electrons. The Bertz CT molecular complexity index is 947. The monoisotopic (exact) mass is 558 g/mol. The molecule has 39 heavy (non-hydrogen) atoms. The Balaban J connectivity index is 5.60. The molecule has 19 heteroatoms. The number of nitrogens with zero attached hydrogens (tertiary/aromatic N) is 2. The van der Waals surface area contributed by atoms with Crippen LogP contribution in [0.3, 0.4) is 0 Å². The van der Waals surface area contributed by atoms with Crippen LogP contribution in [-0.2, 0) is 28.8 Å². The third-order valence-electron chi connectivity index (χ3n) is 4.94. The van der Waals surface area contributed by atoms with Gasteiger partial charge in [-0.2, -0.15) is 0 Å². The van der Waals surface area contributed by atoms with E-state index in [1.165, 1.54) is 0 Å². The van der Waals surface area contributed by atoms with Gasteiger partial charge in [0.1, 0.15) is 18.1 Å². The van der Waals surface area contributed by atoms with Crippen molar-refractivity contribution >= 4 is 47.4 Å². The third-order valence-corrected chi connectivity index (χ3v) is 4.94. The zero-order valence-electron chi connectivity index (χ0n) is 21.3. The molecule has 0 heterocycles. The van der Waals surface area contributed by atoms with E-state index in [2.05, 4.69) is 25.9 Å². The lowest BCUT2D eigenvalue weighted by atomic mass is 10.1. The Kier molecular flexibility index (Phi) is 15.6. The molecule has 0 aromatic heterocycles. The molecule has 0 fully saturated rings. The Morgan fingerprint density at radius 3 is 1.49 bits per heavy atom. The Morgan fingerprint density at radius 2 is 1.03 bits per heavy atom. The van der Waals surface area contributed by atoms with Crippen molar-refractivity contribution in [2.75, 3.05) is 13.1 Å². The summed E-state index contributed by atoms with van der Waals surface area (Å²) in [5.74, 6) is -6.59. The maximum Gasteiger partial charge on any atom is 0.326 e. The maximum absolute atomic E-state index is 13.0. The third kappa shape index (κ3) is 15.9. The second-order valence-corrected chi connectivity index (χ2v) is 8.37. The minimum Gasteiger partial charge on any atom is -0.480 e. The average Bonchev–Trinajstić information content (AvgIpc) is 2.81. The molecule has 18 N–H and O–H groups in total. The number of carbonyl (C=O) groups excluding carboxylic acids is 5. The highest BCUT2D eigenvalue weighted by molar-refractivity contribution is 5.96. The number of carbonyl (C=O) groups is 6. The Hall–Kier alpha value is -4.68. The summed E-state index contributed by atoms with van der Waals surface area (Å²) in [5, 5.41) is 16.0. The number of aliphatic carboxylic acids is 1. The molecule has 0 aliphatic rings. The number of hydrogen-bond acceptors (Lipinski definition) is 9. The van der Waals surface area contributed by atoms with Crippen LogP contribution in [0.2, 0.25) is 0 Å². The van der Waals surface area contributed by atoms with Gasteiger partial charge in [0.25, 0.3) is 0 Å². The number of nitrogens with one attached hydrogen (secondary N) is 3. The van der Waals surface area contributed by atoms with Crippen LogP contribution in [0.25, 0.3) is 0 Å². The van der Waals surface area contributed by atoms with Gasteiger partial charge in [-0.05, 0) is 25.7 Å². The fraction of sp³-hybridized carbons (Fsp3) is 0.600. The largest absolute Gasteiger partial charge is 0.480 e. The van der Waals surface area contributed by atoms with Crippen molar-refractivity contribution < 1.29 is 33.9 Å². The maximum atomic E-state index is 13.0. The minimum absolute atomic E-state index is 0.0573. The smallest absolute Gasteiger partial charge is 0.326 e. The van der Waals surface area contributed by atoms with Gasteiger partial charge in [0.2, 0.25) is 29.5 Å². The fourth-order valence-electron chi connectivity index (χ4n) is 3.06. The standard InChI is InChI=1S/C20H38N12O7/c21-9(3-1-5-28-19(24)25)15(35)31-11(7-13(22)33)17(37)30-10(4-2-6-29-20(26)27)16(36)32-12(18(38)39)8-14(23)34/h9-12H,1-8,21H2,(H2,22,33)(H2,23,34)(H,30,37)(H,31,35)(H,32,36)(H,38,39)(H4,24,25,28)(H4,26,27,29). The van der Waals surface area contributed by atoms with Crippen molar-refractivity contribution in [1.82, 2.24) is 16.0 Å². The van der Waals surface area contributed by atoms with E-state index in [0.717, 1.165) is 0 Å². The van der Waals surface area contributed by atoms with Crippen LogP contribution in [0.1, 0.15) is 38.5 Å². The van der Waals surface area contributed by atoms with Crippen LogP contribution in [0.15, 0.2) is 9.98 Å². The van der Waals surface area contributed by atoms with E-state index >= 15 is 0 Å². The van der Waals surface area contributed by atoms with Crippen molar-refractivity contribution in [2.45, 2.75) is 62.7 Å². The molecule has 0 saturated carbocycles. The molecular formula is C20H38N12O7. The second kappa shape index (κ2) is 17.7. The van der Waals surface area contributed by atoms with Crippen molar-refractivity contribution in [3.63, 3.8) is 0 Å². The molecular weight excluding hydrogens is 520 g/mol. The van der Waals surface area contributed by atoms with Gasteiger partial charge < -0.3 is 61.2 Å². The molecule has 0 radical (unpaired) electrons. The number of primary amides is 2. The summed E-state index contributed by atoms with van der Waals surface area (Å²) in [7, 11) is 0. The zero-order valence-corrected chi connectivity index (χ0v) is 21.3. The van der Waals surface area contributed by atoms with E-state index < -0.39 is 72.5 Å². The molecule has 0 saturated heterocycles. The van der Waals surface area contributed by atoms with Crippen LogP contribution in [0.4, 0.5) is 0 Å². The van der Waals surface area contributed by atoms with Gasteiger partial charge in [0, 0.05) is 13.1 Å². The van der Waals surface area contributed by atoms with Crippen molar-refractivity contribution in [3.8, 4) is 0 Å². The first kappa shape index (κ1) is 34.3. The van der Waals surface area contributed by atoms with Gasteiger partial charge in [0.15, 0.2) is 11.9 Å². The molecule has 0 aliphatic heterocycles. The summed E-state index contributed by atoms with van der Waals surface area (Å²) in [6.45, 7) is 0.264. The summed E-state index contributed by atoms with van der Waals surface area (Å²) in [4.78, 5) is 79.9. The molecule has 0 aromatic carbocycles. The van der Waals surface area contributed by atoms with Crippen LogP contribution in [-0.4, -0.2) is 89.8 Å². The van der Waals surface area contributed by atoms with Crippen LogP contribution in [0.5, 0.6) is 0 Å². The van der Waals surface area contributed by atoms with Gasteiger partial charge in [-0.3, -0.25) is 34.0 Å². The van der Waals surface area contributed by atoms with Gasteiger partial charge in [-0.15, -0.1) is 0 Å². The second-order valence-electron chi connectivity index (χ2n) is 8.37. The van der Waals surface area contributed by atoms with Gasteiger partial charge >= 0.3 is 5.97 Å². The number of amides is 5. The zero-order chi connectivity index (χ0) is 30.1. The molecule has 0 spiro atoms. The first-order chi connectivity index (χ1) is 18.1. The van der Waals surface area contributed by atoms with Crippen molar-refractivity contribution in [1.29, 1.82) is 0 Å². The van der Waals surface area contributed by atoms with E-state index in [0.29, 0.717) is 6.42 Å². The summed E-state index contributed by atoms with van der Waals surface area (Å²) >= 11 is 0. The summed E-state index contributed by atoms with van der Waals surface area (Å²) in [5.41, 5.74) is 37.0. The first-order valence-electron chi connectivity index (χ1n) is 11.7. The fourth-order valence-corrected chi connectivity index (χ4v) is 3.06. The van der Waals surface area contributed by atoms with Crippen LogP contribution >= 0.6 is 0 Å². The SMILES string of the molecule is NC(=O)CC(NC(=O)C(CCCN=C(N)N)NC(=O)C(CC(N)=O)NC(=O)C(N)CCCN=C(N)N)C(=O)O. The van der Waals surface area contributed by atoms with Gasteiger partial charge in [-0.25, -0.2) is 4.79 Å². The number of carboxylic acids is 1. The number of aliphatic imine (C=N–C) groups is 2. The molecule has 0 rings (SSSR count). The predicted octanol–water partition coefficient (Wildman–Crippen LogP) is -6.29. The van der Waals surface area contributed by atoms with Crippen LogP contribution in [0, 0.1) is 0 Å². The van der Waals surface area contributed by atoms with E-state index in [9.17, 15) is 33.9 Å². The van der Waals surface area contributed by atoms with Gasteiger partial charge in [0.05, 0.1) is 18.9 Å².